The molecule has 6 heterocycles. The Morgan fingerprint density at radius 2 is 2.00 bits per heavy atom. The summed E-state index contributed by atoms with van der Waals surface area (Å²) in [5, 5.41) is 26.1. The van der Waals surface area contributed by atoms with Crippen LogP contribution in [0.25, 0.3) is 0 Å². The summed E-state index contributed by atoms with van der Waals surface area (Å²) in [6, 6.07) is -1.45. The predicted octanol–water partition coefficient (Wildman–Crippen LogP) is -1.23. The van der Waals surface area contributed by atoms with E-state index in [-0.39, 0.29) is 53.1 Å². The van der Waals surface area contributed by atoms with Crippen LogP contribution in [0.5, 0.6) is 0 Å². The van der Waals surface area contributed by atoms with Crippen LogP contribution in [0.2, 0.25) is 0 Å². The van der Waals surface area contributed by atoms with Gasteiger partial charge in [-0.3, -0.25) is 19.3 Å². The number of thioether (sulfide) groups is 1. The summed E-state index contributed by atoms with van der Waals surface area (Å²) in [5.41, 5.74) is 5.08. The number of carbonyl (C=O) groups is 5. The molecule has 3 fully saturated rings. The van der Waals surface area contributed by atoms with Crippen molar-refractivity contribution in [2.45, 2.75) is 56.7 Å². The number of aliphatic carboxylic acids is 1. The predicted molar refractivity (Wildman–Crippen MR) is 166 cm³/mol. The number of amides is 4. The van der Waals surface area contributed by atoms with Gasteiger partial charge in [-0.1, -0.05) is 12.1 Å². The zero-order valence-corrected chi connectivity index (χ0v) is 27.4. The number of hydrogen-bond acceptors (Lipinski definition) is 17. The van der Waals surface area contributed by atoms with E-state index in [0.29, 0.717) is 50.1 Å². The first-order valence-corrected chi connectivity index (χ1v) is 16.9. The van der Waals surface area contributed by atoms with E-state index in [1.807, 2.05) is 6.92 Å². The highest BCUT2D eigenvalue weighted by molar-refractivity contribution is 8.00. The molecule has 21 heteroatoms. The Balaban J connectivity index is 1.08. The van der Waals surface area contributed by atoms with Crippen LogP contribution in [0.15, 0.2) is 41.7 Å². The van der Waals surface area contributed by atoms with Gasteiger partial charge < -0.3 is 49.5 Å². The van der Waals surface area contributed by atoms with Gasteiger partial charge in [0, 0.05) is 48.9 Å². The van der Waals surface area contributed by atoms with Gasteiger partial charge in [0.15, 0.2) is 23.3 Å². The second-order valence-electron chi connectivity index (χ2n) is 11.3. The first-order chi connectivity index (χ1) is 23.5. The van der Waals surface area contributed by atoms with Crippen molar-refractivity contribution in [3.05, 3.63) is 50.9 Å². The summed E-state index contributed by atoms with van der Waals surface area (Å²) in [6.45, 7) is 2.51. The van der Waals surface area contributed by atoms with Gasteiger partial charge in [0.2, 0.25) is 17.4 Å². The number of carbonyl (C=O) groups excluding carboxylic acids is 5. The fraction of sp³-hybridized carbons (Fsp3) is 0.464. The fourth-order valence-electron chi connectivity index (χ4n) is 6.05. The molecule has 3 saturated heterocycles. The molecule has 49 heavy (non-hydrogen) atoms. The third-order valence-corrected chi connectivity index (χ3v) is 10.2. The van der Waals surface area contributed by atoms with Crippen molar-refractivity contribution < 1.29 is 47.9 Å². The van der Waals surface area contributed by atoms with Crippen LogP contribution < -0.4 is 22.0 Å². The summed E-state index contributed by atoms with van der Waals surface area (Å²) in [6.07, 6.45) is 2.78. The van der Waals surface area contributed by atoms with Gasteiger partial charge in [-0.25, -0.2) is 9.59 Å². The molecule has 3 atom stereocenters. The average molecular weight is 718 g/mol. The van der Waals surface area contributed by atoms with Crippen molar-refractivity contribution >= 4 is 63.9 Å². The number of hydrogen-bond donors (Lipinski definition) is 3. The number of allylic oxidation sites excluding steroid dienone is 1. The number of β-lactam (4-membered cyclic amide) rings is 1. The van der Waals surface area contributed by atoms with Crippen LogP contribution in [0, 0.1) is 0 Å². The van der Waals surface area contributed by atoms with E-state index in [2.05, 4.69) is 19.8 Å². The van der Waals surface area contributed by atoms with E-state index in [1.54, 1.807) is 4.90 Å². The molecule has 19 nitrogen and oxygen atoms in total. The highest BCUT2D eigenvalue weighted by atomic mass is 32.2. The summed E-state index contributed by atoms with van der Waals surface area (Å²) in [7, 11) is 0. The Kier molecular flexibility index (Phi) is 9.45. The van der Waals surface area contributed by atoms with Gasteiger partial charge in [0.1, 0.15) is 11.4 Å². The number of oxime groups is 1. The largest absolute Gasteiger partial charge is 0.543 e. The number of nitrogen functional groups attached to an aromatic ring is 1. The Hall–Kier alpha value is -5.18. The Morgan fingerprint density at radius 3 is 2.69 bits per heavy atom. The number of carboxylic acids is 1. The van der Waals surface area contributed by atoms with Crippen LogP contribution >= 0.6 is 23.3 Å². The number of carboxylic acid groups (broad SMARTS) is 1. The number of nitrogens with zero attached hydrogens (tertiary/aromatic N) is 6. The van der Waals surface area contributed by atoms with Crippen molar-refractivity contribution in [1.29, 1.82) is 0 Å². The van der Waals surface area contributed by atoms with Crippen molar-refractivity contribution in [2.24, 2.45) is 5.16 Å². The molecular formula is C28H29N8O11S2-. The first kappa shape index (κ1) is 33.7. The normalized spacial score (nSPS) is 23.3. The number of likely N-dealkylation sites (tertiary alicyclic amines) is 2. The molecule has 4 aliphatic heterocycles. The maximum Gasteiger partial charge on any atom is 0.519 e. The van der Waals surface area contributed by atoms with Gasteiger partial charge in [0.05, 0.1) is 17.7 Å². The Labute approximate surface area is 284 Å². The molecule has 0 radical (unpaired) electrons. The number of anilines is 1. The minimum atomic E-state index is -1.63. The smallest absolute Gasteiger partial charge is 0.519 e. The van der Waals surface area contributed by atoms with E-state index in [9.17, 15) is 39.1 Å². The Bertz CT molecular complexity index is 1860. The molecule has 6 rings (SSSR count). The number of nitrogens with two attached hydrogens (primary N) is 1. The van der Waals surface area contributed by atoms with E-state index in [4.69, 9.17) is 19.3 Å². The fourth-order valence-corrected chi connectivity index (χ4v) is 7.79. The zero-order chi connectivity index (χ0) is 35.0. The molecule has 4 N–H and O–H groups in total. The SMILES string of the molecule is CCCc1oc(=O)oc1COC(=O)N1CC[C@@H](N2CC/C(=C\C3=C(C(=O)[O-])N4C(=O)[C@@H](NC(=O)/C(=N\O)c5nsc(N)n5)[C@H]4SC3)C2=O)C1. The lowest BCUT2D eigenvalue weighted by Gasteiger charge is -2.50. The molecule has 0 saturated carbocycles. The molecule has 0 aromatic carbocycles. The Morgan fingerprint density at radius 1 is 1.22 bits per heavy atom. The monoisotopic (exact) mass is 717 g/mol. The minimum Gasteiger partial charge on any atom is -0.543 e. The van der Waals surface area contributed by atoms with Gasteiger partial charge in [-0.15, -0.1) is 11.8 Å². The number of nitrogens with one attached hydrogen (secondary N) is 1. The van der Waals surface area contributed by atoms with E-state index < -0.39 is 52.5 Å². The summed E-state index contributed by atoms with van der Waals surface area (Å²) < 4.78 is 19.1. The molecule has 2 aromatic heterocycles. The topological polar surface area (TPSA) is 267 Å². The number of aromatic nitrogens is 2. The maximum absolute atomic E-state index is 13.4. The van der Waals surface area contributed by atoms with Crippen molar-refractivity contribution in [3.8, 4) is 0 Å². The lowest BCUT2D eigenvalue weighted by atomic mass is 10.0. The molecule has 0 aliphatic carbocycles. The number of fused-ring (bicyclic) bond motifs is 1. The first-order valence-electron chi connectivity index (χ1n) is 15.1. The standard InChI is InChI=1S/C28H30N8O11S2/c1-2-3-15-16(47-28(43)46-15)10-45-27(42)34-6-5-14(9-34)35-7-4-12(22(35)38)8-13-11-48-24-18(23(39)36(24)19(13)25(40)41)30-21(37)17(32-44)20-31-26(29)49-33-20/h8,14,18,24,44H,2-7,9-11H2,1H3,(H,30,37)(H,40,41)(H2,29,31,33)/p-1/b12-8+,32-17-/t14-,18-,24-/m1/s1. The molecular weight excluding hydrogens is 688 g/mol. The third-order valence-electron chi connectivity index (χ3n) is 8.34. The van der Waals surface area contributed by atoms with E-state index in [1.165, 1.54) is 22.7 Å². The summed E-state index contributed by atoms with van der Waals surface area (Å²) in [4.78, 5) is 83.6. The number of ether oxygens (including phenoxy) is 1. The maximum atomic E-state index is 13.4. The van der Waals surface area contributed by atoms with Crippen molar-refractivity contribution in [3.63, 3.8) is 0 Å². The molecule has 4 aliphatic rings. The van der Waals surface area contributed by atoms with Gasteiger partial charge in [-0.05, 0) is 30.9 Å². The number of aryl methyl sites for hydroxylation is 1. The van der Waals surface area contributed by atoms with E-state index >= 15 is 0 Å². The van der Waals surface area contributed by atoms with Gasteiger partial charge in [-0.2, -0.15) is 9.36 Å². The summed E-state index contributed by atoms with van der Waals surface area (Å²) in [5.74, 6) is -4.20. The van der Waals surface area contributed by atoms with E-state index in [0.717, 1.165) is 16.4 Å². The molecule has 0 spiro atoms. The van der Waals surface area contributed by atoms with Gasteiger partial charge >= 0.3 is 11.9 Å². The van der Waals surface area contributed by atoms with Crippen LogP contribution in [0.1, 0.15) is 43.5 Å². The van der Waals surface area contributed by atoms with Crippen LogP contribution in [0.3, 0.4) is 0 Å². The second kappa shape index (κ2) is 13.7. The molecule has 0 unspecified atom stereocenters. The zero-order valence-electron chi connectivity index (χ0n) is 25.8. The minimum absolute atomic E-state index is 0.0261. The average Bonchev–Trinajstić information content (AvgIpc) is 3.87. The molecule has 0 bridgehead atoms. The van der Waals surface area contributed by atoms with Crippen molar-refractivity contribution in [1.82, 2.24) is 29.4 Å². The van der Waals surface area contributed by atoms with Crippen LogP contribution in [-0.4, -0.2) is 108 Å². The molecule has 2 aromatic rings. The van der Waals surface area contributed by atoms with Gasteiger partial charge in [0.25, 0.3) is 11.8 Å². The highest BCUT2D eigenvalue weighted by Gasteiger charge is 2.53. The van der Waals surface area contributed by atoms with Crippen LogP contribution in [-0.2, 0) is 36.9 Å². The van der Waals surface area contributed by atoms with Crippen LogP contribution in [0.4, 0.5) is 9.93 Å². The lowest BCUT2D eigenvalue weighted by molar-refractivity contribution is -0.301. The third kappa shape index (κ3) is 6.49. The van der Waals surface area contributed by atoms with Crippen molar-refractivity contribution in [2.75, 3.05) is 31.1 Å². The second-order valence-corrected chi connectivity index (χ2v) is 13.2. The highest BCUT2D eigenvalue weighted by Crippen LogP contribution is 2.41. The number of rotatable bonds is 10. The summed E-state index contributed by atoms with van der Waals surface area (Å²) >= 11 is 1.94. The molecule has 4 amide bonds. The molecule has 260 valence electrons. The lowest BCUT2D eigenvalue weighted by Crippen LogP contribution is -2.71. The quantitative estimate of drug-likeness (QED) is 0.0854.